The van der Waals surface area contributed by atoms with Crippen LogP contribution in [0, 0.1) is 0 Å². The van der Waals surface area contributed by atoms with Gasteiger partial charge in [-0.3, -0.25) is 18.6 Å². The third-order valence-electron chi connectivity index (χ3n) is 16.6. The Labute approximate surface area is 557 Å². The Balaban J connectivity index is 4.00. The van der Waals surface area contributed by atoms with Crippen LogP contribution in [-0.2, 0) is 32.7 Å². The van der Waals surface area contributed by atoms with Crippen molar-refractivity contribution in [1.29, 1.82) is 0 Å². The summed E-state index contributed by atoms with van der Waals surface area (Å²) in [6.45, 7) is 4.36. The second-order valence-electron chi connectivity index (χ2n) is 26.7. The maximum Gasteiger partial charge on any atom is 0.472 e. The van der Waals surface area contributed by atoms with Crippen LogP contribution >= 0.6 is 7.82 Å². The van der Waals surface area contributed by atoms with Gasteiger partial charge in [0.2, 0.25) is 0 Å². The summed E-state index contributed by atoms with van der Waals surface area (Å²) in [6.07, 6.45) is 98.2. The minimum atomic E-state index is -4.40. The van der Waals surface area contributed by atoms with Gasteiger partial charge in [-0.05, 0) is 96.3 Å². The molecule has 0 spiro atoms. The van der Waals surface area contributed by atoms with Gasteiger partial charge < -0.3 is 18.9 Å². The highest BCUT2D eigenvalue weighted by Crippen LogP contribution is 2.43. The molecule has 1 N–H and O–H groups in total. The van der Waals surface area contributed by atoms with E-state index < -0.39 is 26.5 Å². The molecule has 522 valence electrons. The quantitative estimate of drug-likeness (QED) is 0.0211. The summed E-state index contributed by atoms with van der Waals surface area (Å²) in [5.74, 6) is -0.787. The van der Waals surface area contributed by atoms with Crippen molar-refractivity contribution in [3.8, 4) is 0 Å². The largest absolute Gasteiger partial charge is 0.472 e. The van der Waals surface area contributed by atoms with Crippen LogP contribution < -0.4 is 0 Å². The zero-order chi connectivity index (χ0) is 65.5. The SMILES string of the molecule is CC/C=C\C/C=C\C/C=C\C/C=C\C/C=C\C/C=C\C/C=C\CCCCCCCCCCCCCCCC(=O)OC(COC(=O)CCCCCCCCCCCCCCCCCCCCC/C=C\CCCCCCCCCC)COP(=O)(O)OCC[N+](C)(C)C. The highest BCUT2D eigenvalue weighted by Gasteiger charge is 2.27. The van der Waals surface area contributed by atoms with Gasteiger partial charge >= 0.3 is 19.8 Å². The fourth-order valence-corrected chi connectivity index (χ4v) is 11.6. The Kier molecular flexibility index (Phi) is 67.9. The van der Waals surface area contributed by atoms with E-state index in [4.69, 9.17) is 18.5 Å². The molecule has 0 bridgehead atoms. The molecule has 0 rings (SSSR count). The number of carbonyl (C=O) groups excluding carboxylic acids is 2. The number of quaternary nitrogens is 1. The summed E-state index contributed by atoms with van der Waals surface area (Å²) in [6, 6.07) is 0. The van der Waals surface area contributed by atoms with E-state index in [2.05, 4.69) is 111 Å². The Bertz CT molecular complexity index is 1840. The van der Waals surface area contributed by atoms with E-state index in [1.807, 2.05) is 21.1 Å². The van der Waals surface area contributed by atoms with E-state index in [0.717, 1.165) is 83.5 Å². The third kappa shape index (κ3) is 74.0. The molecule has 0 amide bonds. The summed E-state index contributed by atoms with van der Waals surface area (Å²) in [7, 11) is 1.48. The molecule has 9 nitrogen and oxygen atoms in total. The van der Waals surface area contributed by atoms with E-state index in [0.29, 0.717) is 17.4 Å². The van der Waals surface area contributed by atoms with Gasteiger partial charge in [-0.25, -0.2) is 4.57 Å². The number of likely N-dealkylation sites (N-methyl/N-ethyl adjacent to an activating group) is 1. The summed E-state index contributed by atoms with van der Waals surface area (Å²) < 4.78 is 34.8. The molecule has 0 aliphatic heterocycles. The lowest BCUT2D eigenvalue weighted by Gasteiger charge is -2.24. The maximum absolute atomic E-state index is 12.9. The molecule has 2 atom stereocenters. The summed E-state index contributed by atoms with van der Waals surface area (Å²) in [5.41, 5.74) is 0. The van der Waals surface area contributed by atoms with Crippen molar-refractivity contribution >= 4 is 19.8 Å². The number of nitrogens with zero attached hydrogens (tertiary/aromatic N) is 1. The van der Waals surface area contributed by atoms with Crippen molar-refractivity contribution in [1.82, 2.24) is 0 Å². The molecule has 0 aromatic carbocycles. The Morgan fingerprint density at radius 2 is 0.633 bits per heavy atom. The van der Waals surface area contributed by atoms with E-state index in [-0.39, 0.29) is 32.0 Å². The first-order valence-corrected chi connectivity index (χ1v) is 39.5. The second-order valence-corrected chi connectivity index (χ2v) is 28.1. The number of ether oxygens (including phenoxy) is 2. The molecule has 0 radical (unpaired) electrons. The minimum Gasteiger partial charge on any atom is -0.462 e. The number of unbranched alkanes of at least 4 members (excludes halogenated alkanes) is 40. The first-order chi connectivity index (χ1) is 44.0. The summed E-state index contributed by atoms with van der Waals surface area (Å²) in [4.78, 5) is 35.9. The van der Waals surface area contributed by atoms with Crippen molar-refractivity contribution in [3.05, 3.63) is 97.2 Å². The lowest BCUT2D eigenvalue weighted by molar-refractivity contribution is -0.870. The standard InChI is InChI=1S/C80H144NO8P/c1-6-8-10-12-14-16-18-20-22-24-26-28-30-32-34-36-38-39-40-41-43-45-47-49-51-53-55-57-59-61-63-65-67-69-71-73-80(83)89-78(77-88-90(84,85)87-75-74-81(3,4)5)76-86-79(82)72-70-68-66-64-62-60-58-56-54-52-50-48-46-44-42-37-35-33-31-29-27-25-23-21-19-17-15-13-11-9-7-2/h8,10,14,16,20,22,25-28,32,34,38-39,41,43,78H,6-7,9,11-13,15,17-19,21,23-24,29-31,33,35-37,40,42,44-77H2,1-5H3/p+1/b10-8-,16-14-,22-20-,27-25-,28-26-,34-32-,39-38-,43-41-. The third-order valence-corrected chi connectivity index (χ3v) is 17.6. The van der Waals surface area contributed by atoms with E-state index >= 15 is 0 Å². The second kappa shape index (κ2) is 70.3. The molecule has 90 heavy (non-hydrogen) atoms. The van der Waals surface area contributed by atoms with Crippen molar-refractivity contribution in [2.75, 3.05) is 47.5 Å². The first kappa shape index (κ1) is 86.9. The van der Waals surface area contributed by atoms with Crippen LogP contribution in [0.4, 0.5) is 0 Å². The van der Waals surface area contributed by atoms with E-state index in [9.17, 15) is 19.0 Å². The summed E-state index contributed by atoms with van der Waals surface area (Å²) >= 11 is 0. The molecule has 0 heterocycles. The average Bonchev–Trinajstić information content (AvgIpc) is 3.61. The highest BCUT2D eigenvalue weighted by molar-refractivity contribution is 7.47. The highest BCUT2D eigenvalue weighted by atomic mass is 31.2. The fourth-order valence-electron chi connectivity index (χ4n) is 10.8. The van der Waals surface area contributed by atoms with Gasteiger partial charge in [0.25, 0.3) is 0 Å². The van der Waals surface area contributed by atoms with Crippen LogP contribution in [0.2, 0.25) is 0 Å². The number of phosphoric acid groups is 1. The van der Waals surface area contributed by atoms with Gasteiger partial charge in [-0.15, -0.1) is 0 Å². The van der Waals surface area contributed by atoms with Gasteiger partial charge in [-0.2, -0.15) is 0 Å². The predicted octanol–water partition coefficient (Wildman–Crippen LogP) is 25.1. The molecule has 0 aliphatic carbocycles. The molecule has 0 saturated heterocycles. The molecule has 10 heteroatoms. The number of rotatable bonds is 70. The van der Waals surface area contributed by atoms with Gasteiger partial charge in [0.05, 0.1) is 27.7 Å². The van der Waals surface area contributed by atoms with Crippen LogP contribution in [-0.4, -0.2) is 74.9 Å². The fraction of sp³-hybridized carbons (Fsp3) is 0.775. The number of esters is 2. The first-order valence-electron chi connectivity index (χ1n) is 38.0. The molecule has 0 aliphatic rings. The molecular formula is C80H145NO8P+. The molecule has 2 unspecified atom stereocenters. The van der Waals surface area contributed by atoms with Gasteiger partial charge in [0.1, 0.15) is 19.8 Å². The Morgan fingerprint density at radius 3 is 0.956 bits per heavy atom. The van der Waals surface area contributed by atoms with Crippen LogP contribution in [0.15, 0.2) is 97.2 Å². The molecular weight excluding hydrogens is 1130 g/mol. The monoisotopic (exact) mass is 1280 g/mol. The van der Waals surface area contributed by atoms with Gasteiger partial charge in [0, 0.05) is 12.8 Å². The van der Waals surface area contributed by atoms with E-state index in [1.165, 1.54) is 231 Å². The number of hydrogen-bond donors (Lipinski definition) is 1. The minimum absolute atomic E-state index is 0.0300. The predicted molar refractivity (Wildman–Crippen MR) is 390 cm³/mol. The van der Waals surface area contributed by atoms with Crippen molar-refractivity contribution in [2.45, 2.75) is 354 Å². The molecule has 0 fully saturated rings. The number of phosphoric ester groups is 1. The zero-order valence-corrected chi connectivity index (χ0v) is 60.5. The van der Waals surface area contributed by atoms with Crippen LogP contribution in [0.5, 0.6) is 0 Å². The van der Waals surface area contributed by atoms with E-state index in [1.54, 1.807) is 0 Å². The lowest BCUT2D eigenvalue weighted by Crippen LogP contribution is -2.37. The van der Waals surface area contributed by atoms with Gasteiger partial charge in [0.15, 0.2) is 6.10 Å². The smallest absolute Gasteiger partial charge is 0.462 e. The lowest BCUT2D eigenvalue weighted by atomic mass is 10.0. The topological polar surface area (TPSA) is 108 Å². The number of allylic oxidation sites excluding steroid dienone is 16. The van der Waals surface area contributed by atoms with Crippen LogP contribution in [0.25, 0.3) is 0 Å². The van der Waals surface area contributed by atoms with Crippen molar-refractivity contribution in [3.63, 3.8) is 0 Å². The zero-order valence-electron chi connectivity index (χ0n) is 59.6. The summed E-state index contributed by atoms with van der Waals surface area (Å²) in [5, 5.41) is 0. The maximum atomic E-state index is 12.9. The Hall–Kier alpha value is -3.07. The molecule has 0 aromatic rings. The van der Waals surface area contributed by atoms with Crippen LogP contribution in [0.3, 0.4) is 0 Å². The number of carbonyl (C=O) groups is 2. The number of hydrogen-bond acceptors (Lipinski definition) is 7. The van der Waals surface area contributed by atoms with Crippen molar-refractivity contribution in [2.24, 2.45) is 0 Å². The molecule has 0 aromatic heterocycles. The van der Waals surface area contributed by atoms with Crippen LogP contribution in [0.1, 0.15) is 348 Å². The van der Waals surface area contributed by atoms with Crippen molar-refractivity contribution < 1.29 is 42.1 Å². The Morgan fingerprint density at radius 1 is 0.356 bits per heavy atom. The normalized spacial score (nSPS) is 13.6. The molecule has 0 saturated carbocycles. The average molecular weight is 1280 g/mol. The van der Waals surface area contributed by atoms with Gasteiger partial charge in [-0.1, -0.05) is 336 Å².